The lowest BCUT2D eigenvalue weighted by molar-refractivity contribution is -0.140. The number of methoxy groups -OCH3 is 1. The molecule has 1 aliphatic heterocycles. The maximum absolute atomic E-state index is 13.2. The second kappa shape index (κ2) is 11.6. The van der Waals surface area contributed by atoms with Crippen LogP contribution < -0.4 is 9.47 Å². The molecule has 1 heterocycles. The molecule has 7 heteroatoms. The molecular weight excluding hydrogens is 458 g/mol. The highest BCUT2D eigenvalue weighted by Crippen LogP contribution is 2.40. The van der Waals surface area contributed by atoms with Crippen LogP contribution in [0.4, 0.5) is 0 Å². The molecule has 1 aliphatic rings. The third-order valence-electron chi connectivity index (χ3n) is 5.92. The summed E-state index contributed by atoms with van der Waals surface area (Å²) >= 11 is 0. The van der Waals surface area contributed by atoms with Crippen molar-refractivity contribution >= 4 is 17.4 Å². The lowest BCUT2D eigenvalue weighted by Crippen LogP contribution is -2.32. The van der Waals surface area contributed by atoms with Crippen molar-refractivity contribution in [2.75, 3.05) is 26.9 Å². The van der Waals surface area contributed by atoms with Crippen LogP contribution in [0.15, 0.2) is 84.4 Å². The molecule has 1 unspecified atom stereocenters. The van der Waals surface area contributed by atoms with Crippen LogP contribution in [0.3, 0.4) is 0 Å². The quantitative estimate of drug-likeness (QED) is 0.253. The van der Waals surface area contributed by atoms with E-state index in [9.17, 15) is 14.7 Å². The van der Waals surface area contributed by atoms with E-state index in [4.69, 9.17) is 14.2 Å². The number of Topliss-reactive ketones (excluding diaryl/α,β-unsaturated/α-hetero) is 1. The van der Waals surface area contributed by atoms with Gasteiger partial charge in [0.25, 0.3) is 11.7 Å². The molecule has 0 bridgehead atoms. The summed E-state index contributed by atoms with van der Waals surface area (Å²) in [6.45, 7) is 3.13. The van der Waals surface area contributed by atoms with Crippen LogP contribution in [0.1, 0.15) is 29.7 Å². The van der Waals surface area contributed by atoms with Gasteiger partial charge in [0.15, 0.2) is 0 Å². The van der Waals surface area contributed by atoms with E-state index in [1.807, 2.05) is 55.5 Å². The molecule has 1 amide bonds. The van der Waals surface area contributed by atoms with E-state index in [-0.39, 0.29) is 24.5 Å². The van der Waals surface area contributed by atoms with Crippen molar-refractivity contribution in [1.29, 1.82) is 0 Å². The predicted octanol–water partition coefficient (Wildman–Crippen LogP) is 4.73. The Bertz CT molecular complexity index is 1250. The summed E-state index contributed by atoms with van der Waals surface area (Å²) in [5.74, 6) is -0.535. The first-order valence-electron chi connectivity index (χ1n) is 11.8. The third kappa shape index (κ3) is 5.42. The van der Waals surface area contributed by atoms with Gasteiger partial charge in [-0.2, -0.15) is 0 Å². The standard InChI is InChI=1S/C29H29NO6/c1-3-35-23-13-8-12-22(18-23)27(31)25-26(30(15-16-34-2)29(33)28(25)32)21-11-7-14-24(17-21)36-19-20-9-5-4-6-10-20/h4-14,17-18,26,31H,3,15-16,19H2,1-2H3/b27-25-. The highest BCUT2D eigenvalue weighted by molar-refractivity contribution is 6.46. The number of ether oxygens (including phenoxy) is 3. The van der Waals surface area contributed by atoms with Crippen LogP contribution in [0.5, 0.6) is 11.5 Å². The van der Waals surface area contributed by atoms with E-state index in [2.05, 4.69) is 0 Å². The molecule has 1 N–H and O–H groups in total. The summed E-state index contributed by atoms with van der Waals surface area (Å²) in [7, 11) is 1.53. The molecule has 186 valence electrons. The Kier molecular flexibility index (Phi) is 8.02. The van der Waals surface area contributed by atoms with Crippen molar-refractivity contribution in [2.24, 2.45) is 0 Å². The molecule has 1 fully saturated rings. The summed E-state index contributed by atoms with van der Waals surface area (Å²) in [5.41, 5.74) is 2.08. The van der Waals surface area contributed by atoms with Crippen molar-refractivity contribution in [1.82, 2.24) is 4.90 Å². The van der Waals surface area contributed by atoms with Crippen LogP contribution in [-0.2, 0) is 20.9 Å². The molecule has 0 radical (unpaired) electrons. The number of ketones is 1. The second-order valence-electron chi connectivity index (χ2n) is 8.29. The topological polar surface area (TPSA) is 85.3 Å². The van der Waals surface area contributed by atoms with Gasteiger partial charge in [-0.1, -0.05) is 54.6 Å². The smallest absolute Gasteiger partial charge is 0.295 e. The van der Waals surface area contributed by atoms with E-state index in [1.165, 1.54) is 12.0 Å². The van der Waals surface area contributed by atoms with E-state index in [1.54, 1.807) is 30.3 Å². The zero-order valence-corrected chi connectivity index (χ0v) is 20.3. The number of likely N-dealkylation sites (tertiary alicyclic amines) is 1. The fourth-order valence-corrected chi connectivity index (χ4v) is 4.22. The minimum absolute atomic E-state index is 0.0185. The Morgan fingerprint density at radius 1 is 0.917 bits per heavy atom. The van der Waals surface area contributed by atoms with Gasteiger partial charge in [0.05, 0.1) is 24.8 Å². The average molecular weight is 488 g/mol. The minimum atomic E-state index is -0.795. The van der Waals surface area contributed by atoms with Crippen molar-refractivity contribution in [2.45, 2.75) is 19.6 Å². The summed E-state index contributed by atoms with van der Waals surface area (Å²) in [4.78, 5) is 27.6. The molecule has 7 nitrogen and oxygen atoms in total. The van der Waals surface area contributed by atoms with E-state index in [0.29, 0.717) is 35.8 Å². The van der Waals surface area contributed by atoms with Gasteiger partial charge >= 0.3 is 0 Å². The highest BCUT2D eigenvalue weighted by atomic mass is 16.5. The van der Waals surface area contributed by atoms with Gasteiger partial charge < -0.3 is 24.2 Å². The Hall–Kier alpha value is -4.10. The number of aliphatic hydroxyl groups excluding tert-OH is 1. The lowest BCUT2D eigenvalue weighted by Gasteiger charge is -2.25. The number of amides is 1. The molecule has 0 aromatic heterocycles. The fourth-order valence-electron chi connectivity index (χ4n) is 4.22. The van der Waals surface area contributed by atoms with Gasteiger partial charge in [-0.3, -0.25) is 9.59 Å². The molecule has 0 aliphatic carbocycles. The van der Waals surface area contributed by atoms with Crippen LogP contribution in [0, 0.1) is 0 Å². The van der Waals surface area contributed by atoms with Crippen molar-refractivity contribution in [3.05, 3.63) is 101 Å². The fraction of sp³-hybridized carbons (Fsp3) is 0.241. The summed E-state index contributed by atoms with van der Waals surface area (Å²) in [5, 5.41) is 11.3. The number of rotatable bonds is 10. The molecule has 0 saturated carbocycles. The molecule has 0 spiro atoms. The number of carbonyl (C=O) groups excluding carboxylic acids is 2. The SMILES string of the molecule is CCOc1cccc(/C(O)=C2/C(=O)C(=O)N(CCOC)C2c2cccc(OCc3ccccc3)c2)c1. The predicted molar refractivity (Wildman–Crippen MR) is 136 cm³/mol. The molecule has 1 atom stereocenters. The normalized spacial score (nSPS) is 16.8. The van der Waals surface area contributed by atoms with E-state index < -0.39 is 17.7 Å². The second-order valence-corrected chi connectivity index (χ2v) is 8.29. The summed E-state index contributed by atoms with van der Waals surface area (Å²) in [6, 6.07) is 23.0. The number of benzene rings is 3. The highest BCUT2D eigenvalue weighted by Gasteiger charge is 2.46. The first kappa shape index (κ1) is 25.0. The first-order valence-corrected chi connectivity index (χ1v) is 11.8. The molecule has 3 aromatic rings. The first-order chi connectivity index (χ1) is 17.5. The average Bonchev–Trinajstić information content (AvgIpc) is 3.16. The van der Waals surface area contributed by atoms with Crippen LogP contribution >= 0.6 is 0 Å². The van der Waals surface area contributed by atoms with Crippen molar-refractivity contribution in [3.8, 4) is 11.5 Å². The number of hydrogen-bond acceptors (Lipinski definition) is 6. The third-order valence-corrected chi connectivity index (χ3v) is 5.92. The maximum Gasteiger partial charge on any atom is 0.295 e. The van der Waals surface area contributed by atoms with Crippen LogP contribution in [0.2, 0.25) is 0 Å². The van der Waals surface area contributed by atoms with Crippen LogP contribution in [-0.4, -0.2) is 48.6 Å². The maximum atomic E-state index is 13.2. The molecule has 3 aromatic carbocycles. The Balaban J connectivity index is 1.73. The van der Waals surface area contributed by atoms with Crippen molar-refractivity contribution in [3.63, 3.8) is 0 Å². The van der Waals surface area contributed by atoms with Gasteiger partial charge in [-0.25, -0.2) is 0 Å². The monoisotopic (exact) mass is 487 g/mol. The largest absolute Gasteiger partial charge is 0.507 e. The lowest BCUT2D eigenvalue weighted by atomic mass is 9.95. The number of aliphatic hydroxyl groups is 1. The Labute approximate surface area is 210 Å². The van der Waals surface area contributed by atoms with Gasteiger partial charge in [0.1, 0.15) is 23.9 Å². The Morgan fingerprint density at radius 2 is 1.64 bits per heavy atom. The number of nitrogens with zero attached hydrogens (tertiary/aromatic N) is 1. The minimum Gasteiger partial charge on any atom is -0.507 e. The Morgan fingerprint density at radius 3 is 2.36 bits per heavy atom. The zero-order valence-electron chi connectivity index (χ0n) is 20.3. The van der Waals surface area contributed by atoms with Crippen molar-refractivity contribution < 1.29 is 28.9 Å². The number of hydrogen-bond donors (Lipinski definition) is 1. The summed E-state index contributed by atoms with van der Waals surface area (Å²) < 4.78 is 16.7. The van der Waals surface area contributed by atoms with Gasteiger partial charge in [-0.15, -0.1) is 0 Å². The van der Waals surface area contributed by atoms with Gasteiger partial charge in [-0.05, 0) is 42.3 Å². The molecule has 36 heavy (non-hydrogen) atoms. The van der Waals surface area contributed by atoms with Crippen LogP contribution in [0.25, 0.3) is 5.76 Å². The van der Waals surface area contributed by atoms with E-state index in [0.717, 1.165) is 5.56 Å². The van der Waals surface area contributed by atoms with E-state index >= 15 is 0 Å². The van der Waals surface area contributed by atoms with Gasteiger partial charge in [0.2, 0.25) is 0 Å². The molecule has 4 rings (SSSR count). The molecular formula is C29H29NO6. The zero-order chi connectivity index (χ0) is 25.5. The van der Waals surface area contributed by atoms with Gasteiger partial charge in [0, 0.05) is 19.2 Å². The number of carbonyl (C=O) groups is 2. The molecule has 1 saturated heterocycles. The summed E-state index contributed by atoms with van der Waals surface area (Å²) in [6.07, 6.45) is 0.